The molecule has 1 aromatic heterocycles. The number of hydrogen-bond donors (Lipinski definition) is 1. The van der Waals surface area contributed by atoms with Crippen molar-refractivity contribution >= 4 is 17.7 Å². The molecule has 102 valence electrons. The molecule has 0 saturated carbocycles. The first kappa shape index (κ1) is 14.7. The number of anilines is 2. The van der Waals surface area contributed by atoms with E-state index < -0.39 is 5.97 Å². The summed E-state index contributed by atoms with van der Waals surface area (Å²) < 4.78 is 9.82. The van der Waals surface area contributed by atoms with E-state index in [0.717, 1.165) is 5.69 Å². The molecule has 0 aliphatic carbocycles. The Labute approximate surface area is 111 Å². The number of nitrogens with zero attached hydrogens (tertiary/aromatic N) is 2. The predicted molar refractivity (Wildman–Crippen MR) is 71.3 cm³/mol. The SMILES string of the molecule is CC.CCOC(=O)c1nnc(Nc2ccccc2)o1. The van der Waals surface area contributed by atoms with Gasteiger partial charge < -0.3 is 14.5 Å². The summed E-state index contributed by atoms with van der Waals surface area (Å²) in [7, 11) is 0. The van der Waals surface area contributed by atoms with E-state index in [2.05, 4.69) is 15.5 Å². The smallest absolute Gasteiger partial charge is 0.396 e. The molecule has 0 fully saturated rings. The van der Waals surface area contributed by atoms with E-state index in [4.69, 9.17) is 9.15 Å². The van der Waals surface area contributed by atoms with Crippen molar-refractivity contribution in [3.63, 3.8) is 0 Å². The molecule has 0 unspecified atom stereocenters. The zero-order valence-electron chi connectivity index (χ0n) is 11.2. The van der Waals surface area contributed by atoms with Crippen LogP contribution in [0.3, 0.4) is 0 Å². The van der Waals surface area contributed by atoms with Crippen molar-refractivity contribution in [2.24, 2.45) is 0 Å². The van der Waals surface area contributed by atoms with Crippen LogP contribution in [0.1, 0.15) is 31.5 Å². The molecule has 2 aromatic rings. The Hall–Kier alpha value is -2.37. The van der Waals surface area contributed by atoms with E-state index in [9.17, 15) is 4.79 Å². The van der Waals surface area contributed by atoms with Crippen LogP contribution in [0.5, 0.6) is 0 Å². The lowest BCUT2D eigenvalue weighted by Gasteiger charge is -1.98. The molecule has 6 heteroatoms. The first-order valence-electron chi connectivity index (χ1n) is 6.12. The largest absolute Gasteiger partial charge is 0.459 e. The number of aromatic nitrogens is 2. The van der Waals surface area contributed by atoms with E-state index in [-0.39, 0.29) is 18.5 Å². The zero-order chi connectivity index (χ0) is 14.1. The number of hydrogen-bond acceptors (Lipinski definition) is 6. The molecule has 0 radical (unpaired) electrons. The molecule has 0 aliphatic heterocycles. The van der Waals surface area contributed by atoms with Crippen molar-refractivity contribution in [2.45, 2.75) is 20.8 Å². The highest BCUT2D eigenvalue weighted by atomic mass is 16.5. The number of rotatable bonds is 4. The van der Waals surface area contributed by atoms with Gasteiger partial charge in [-0.05, 0) is 19.1 Å². The average molecular weight is 263 g/mol. The van der Waals surface area contributed by atoms with Gasteiger partial charge in [0.15, 0.2) is 0 Å². The number of nitrogens with one attached hydrogen (secondary N) is 1. The third-order valence-corrected chi connectivity index (χ3v) is 1.90. The molecule has 0 bridgehead atoms. The summed E-state index contributed by atoms with van der Waals surface area (Å²) in [4.78, 5) is 11.3. The van der Waals surface area contributed by atoms with E-state index >= 15 is 0 Å². The second-order valence-electron chi connectivity index (χ2n) is 3.12. The number of ether oxygens (including phenoxy) is 1. The Bertz CT molecular complexity index is 497. The van der Waals surface area contributed by atoms with E-state index in [1.165, 1.54) is 0 Å². The summed E-state index contributed by atoms with van der Waals surface area (Å²) in [5.41, 5.74) is 0.798. The standard InChI is InChI=1S/C11H11N3O3.C2H6/c1-2-16-10(15)9-13-14-11(17-9)12-8-6-4-3-5-7-8;1-2/h3-7H,2H2,1H3,(H,12,14);1-2H3. The monoisotopic (exact) mass is 263 g/mol. The molecule has 1 heterocycles. The van der Waals surface area contributed by atoms with Gasteiger partial charge in [-0.25, -0.2) is 4.79 Å². The number of benzene rings is 1. The lowest BCUT2D eigenvalue weighted by molar-refractivity contribution is 0.0481. The highest BCUT2D eigenvalue weighted by molar-refractivity contribution is 5.84. The Balaban J connectivity index is 0.000000861. The lowest BCUT2D eigenvalue weighted by Crippen LogP contribution is -2.04. The summed E-state index contributed by atoms with van der Waals surface area (Å²) in [5, 5.41) is 10.1. The van der Waals surface area contributed by atoms with Gasteiger partial charge in [-0.1, -0.05) is 42.2 Å². The Morgan fingerprint density at radius 3 is 2.58 bits per heavy atom. The minimum atomic E-state index is -0.624. The van der Waals surface area contributed by atoms with E-state index in [1.54, 1.807) is 6.92 Å². The quantitative estimate of drug-likeness (QED) is 0.854. The zero-order valence-corrected chi connectivity index (χ0v) is 11.2. The number of para-hydroxylation sites is 1. The fraction of sp³-hybridized carbons (Fsp3) is 0.308. The lowest BCUT2D eigenvalue weighted by atomic mass is 10.3. The molecule has 19 heavy (non-hydrogen) atoms. The van der Waals surface area contributed by atoms with Gasteiger partial charge >= 0.3 is 17.9 Å². The third kappa shape index (κ3) is 4.42. The van der Waals surface area contributed by atoms with Gasteiger partial charge in [-0.3, -0.25) is 0 Å². The topological polar surface area (TPSA) is 77.2 Å². The number of carbonyl (C=O) groups excluding carboxylic acids is 1. The van der Waals surface area contributed by atoms with Gasteiger partial charge in [0, 0.05) is 5.69 Å². The summed E-state index contributed by atoms with van der Waals surface area (Å²) in [6, 6.07) is 9.46. The maximum Gasteiger partial charge on any atom is 0.396 e. The Morgan fingerprint density at radius 1 is 1.26 bits per heavy atom. The first-order chi connectivity index (χ1) is 9.29. The maximum atomic E-state index is 11.3. The van der Waals surface area contributed by atoms with Crippen LogP contribution >= 0.6 is 0 Å². The van der Waals surface area contributed by atoms with Crippen LogP contribution in [0, 0.1) is 0 Å². The van der Waals surface area contributed by atoms with Crippen molar-refractivity contribution in [3.05, 3.63) is 36.2 Å². The maximum absolute atomic E-state index is 11.3. The Morgan fingerprint density at radius 2 is 1.95 bits per heavy atom. The average Bonchev–Trinajstić information content (AvgIpc) is 2.91. The highest BCUT2D eigenvalue weighted by Crippen LogP contribution is 2.14. The van der Waals surface area contributed by atoms with Crippen LogP contribution in [-0.2, 0) is 4.74 Å². The predicted octanol–water partition coefficient (Wildman–Crippen LogP) is 3.02. The van der Waals surface area contributed by atoms with Crippen LogP contribution in [0.2, 0.25) is 0 Å². The van der Waals surface area contributed by atoms with Crippen LogP contribution < -0.4 is 5.32 Å². The number of carbonyl (C=O) groups is 1. The molecule has 0 atom stereocenters. The summed E-state index contributed by atoms with van der Waals surface area (Å²) in [6.07, 6.45) is 0. The van der Waals surface area contributed by atoms with Gasteiger partial charge in [0.2, 0.25) is 0 Å². The third-order valence-electron chi connectivity index (χ3n) is 1.90. The minimum Gasteiger partial charge on any atom is -0.459 e. The highest BCUT2D eigenvalue weighted by Gasteiger charge is 2.15. The molecular formula is C13H17N3O3. The second-order valence-corrected chi connectivity index (χ2v) is 3.12. The van der Waals surface area contributed by atoms with Crippen molar-refractivity contribution in [1.29, 1.82) is 0 Å². The summed E-state index contributed by atoms with van der Waals surface area (Å²) >= 11 is 0. The number of esters is 1. The molecule has 1 aromatic carbocycles. The Kier molecular flexibility index (Phi) is 6.08. The molecule has 6 nitrogen and oxygen atoms in total. The fourth-order valence-corrected chi connectivity index (χ4v) is 1.19. The van der Waals surface area contributed by atoms with Gasteiger partial charge in [0.1, 0.15) is 0 Å². The van der Waals surface area contributed by atoms with E-state index in [1.807, 2.05) is 44.2 Å². The first-order valence-corrected chi connectivity index (χ1v) is 6.12. The van der Waals surface area contributed by atoms with Crippen molar-refractivity contribution in [1.82, 2.24) is 10.2 Å². The van der Waals surface area contributed by atoms with Crippen LogP contribution in [-0.4, -0.2) is 22.8 Å². The van der Waals surface area contributed by atoms with Gasteiger partial charge in [-0.15, -0.1) is 0 Å². The van der Waals surface area contributed by atoms with Gasteiger partial charge in [-0.2, -0.15) is 0 Å². The van der Waals surface area contributed by atoms with Gasteiger partial charge in [0.05, 0.1) is 6.61 Å². The minimum absolute atomic E-state index is 0.152. The molecular weight excluding hydrogens is 246 g/mol. The van der Waals surface area contributed by atoms with Crippen LogP contribution in [0.25, 0.3) is 0 Å². The van der Waals surface area contributed by atoms with Crippen molar-refractivity contribution < 1.29 is 13.9 Å². The molecule has 0 amide bonds. The van der Waals surface area contributed by atoms with Crippen LogP contribution in [0.4, 0.5) is 11.7 Å². The molecule has 1 N–H and O–H groups in total. The normalized spacial score (nSPS) is 9.21. The van der Waals surface area contributed by atoms with E-state index in [0.29, 0.717) is 0 Å². The van der Waals surface area contributed by atoms with Crippen molar-refractivity contribution in [3.8, 4) is 0 Å². The second kappa shape index (κ2) is 7.86. The summed E-state index contributed by atoms with van der Waals surface area (Å²) in [6.45, 7) is 5.97. The van der Waals surface area contributed by atoms with Gasteiger partial charge in [0.25, 0.3) is 0 Å². The molecule has 0 aliphatic rings. The molecule has 2 rings (SSSR count). The van der Waals surface area contributed by atoms with Crippen molar-refractivity contribution in [2.75, 3.05) is 11.9 Å². The molecule has 0 saturated heterocycles. The fourth-order valence-electron chi connectivity index (χ4n) is 1.19. The summed E-state index contributed by atoms with van der Waals surface area (Å²) in [5.74, 6) is -0.786. The molecule has 0 spiro atoms. The van der Waals surface area contributed by atoms with Crippen LogP contribution in [0.15, 0.2) is 34.7 Å².